The number of nitrogens with zero attached hydrogens (tertiary/aromatic N) is 4. The molecule has 1 atom stereocenters. The molecule has 1 saturated carbocycles. The minimum atomic E-state index is 0.0274. The minimum absolute atomic E-state index is 0.0274. The third kappa shape index (κ3) is 3.35. The van der Waals surface area contributed by atoms with Crippen LogP contribution in [-0.2, 0) is 11.2 Å². The van der Waals surface area contributed by atoms with E-state index in [1.165, 1.54) is 12.8 Å². The number of rotatable bonds is 4. The number of ether oxygens (including phenoxy) is 1. The van der Waals surface area contributed by atoms with Gasteiger partial charge in [-0.1, -0.05) is 11.6 Å². The van der Waals surface area contributed by atoms with Gasteiger partial charge in [-0.05, 0) is 56.9 Å². The lowest BCUT2D eigenvalue weighted by Gasteiger charge is -2.35. The van der Waals surface area contributed by atoms with Gasteiger partial charge in [-0.25, -0.2) is 4.98 Å². The SMILES string of the molecule is CC(=O)N1c2ccc(-c3cnn(C4CC4)c3)c(Oc3ncccc3Cl)c2CCC1C. The summed E-state index contributed by atoms with van der Waals surface area (Å²) in [7, 11) is 0. The van der Waals surface area contributed by atoms with Gasteiger partial charge in [0.25, 0.3) is 0 Å². The summed E-state index contributed by atoms with van der Waals surface area (Å²) in [4.78, 5) is 18.5. The third-order valence-corrected chi connectivity index (χ3v) is 6.13. The predicted octanol–water partition coefficient (Wildman–Crippen LogP) is 5.41. The van der Waals surface area contributed by atoms with E-state index in [-0.39, 0.29) is 11.9 Å². The van der Waals surface area contributed by atoms with Gasteiger partial charge in [0.05, 0.1) is 17.9 Å². The Morgan fingerprint density at radius 1 is 1.23 bits per heavy atom. The van der Waals surface area contributed by atoms with Crippen LogP contribution in [0.25, 0.3) is 11.1 Å². The molecule has 2 aliphatic rings. The Balaban J connectivity index is 1.66. The molecule has 154 valence electrons. The molecule has 0 N–H and O–H groups in total. The van der Waals surface area contributed by atoms with Crippen molar-refractivity contribution in [2.24, 2.45) is 0 Å². The second-order valence-electron chi connectivity index (χ2n) is 8.05. The first kappa shape index (κ1) is 19.1. The maximum Gasteiger partial charge on any atom is 0.238 e. The fourth-order valence-corrected chi connectivity index (χ4v) is 4.35. The topological polar surface area (TPSA) is 60.2 Å². The molecular formula is C23H23ClN4O2. The molecule has 3 aromatic rings. The van der Waals surface area contributed by atoms with E-state index in [0.29, 0.717) is 22.7 Å². The zero-order valence-electron chi connectivity index (χ0n) is 17.0. The second-order valence-corrected chi connectivity index (χ2v) is 8.46. The highest BCUT2D eigenvalue weighted by Gasteiger charge is 2.31. The summed E-state index contributed by atoms with van der Waals surface area (Å²) >= 11 is 6.34. The van der Waals surface area contributed by atoms with E-state index in [4.69, 9.17) is 16.3 Å². The number of amides is 1. The number of carbonyl (C=O) groups excluding carboxylic acids is 1. The number of anilines is 1. The van der Waals surface area contributed by atoms with Gasteiger partial charge in [0.15, 0.2) is 0 Å². The zero-order chi connectivity index (χ0) is 20.8. The summed E-state index contributed by atoms with van der Waals surface area (Å²) < 4.78 is 8.35. The molecule has 1 amide bonds. The van der Waals surface area contributed by atoms with Crippen LogP contribution < -0.4 is 9.64 Å². The summed E-state index contributed by atoms with van der Waals surface area (Å²) in [5, 5.41) is 4.99. The molecule has 0 spiro atoms. The summed E-state index contributed by atoms with van der Waals surface area (Å²) in [5.41, 5.74) is 3.81. The molecule has 7 heteroatoms. The van der Waals surface area contributed by atoms with E-state index in [9.17, 15) is 4.79 Å². The Kier molecular flexibility index (Phi) is 4.74. The second kappa shape index (κ2) is 7.43. The Morgan fingerprint density at radius 2 is 2.07 bits per heavy atom. The van der Waals surface area contributed by atoms with Crippen molar-refractivity contribution < 1.29 is 9.53 Å². The molecule has 3 heterocycles. The van der Waals surface area contributed by atoms with E-state index in [1.54, 1.807) is 25.3 Å². The molecular weight excluding hydrogens is 400 g/mol. The molecule has 1 aliphatic heterocycles. The molecule has 2 aromatic heterocycles. The third-order valence-electron chi connectivity index (χ3n) is 5.84. The number of aromatic nitrogens is 3. The number of hydrogen-bond acceptors (Lipinski definition) is 4. The van der Waals surface area contributed by atoms with Gasteiger partial charge >= 0.3 is 0 Å². The van der Waals surface area contributed by atoms with Crippen LogP contribution in [0.4, 0.5) is 5.69 Å². The van der Waals surface area contributed by atoms with Crippen LogP contribution in [0.5, 0.6) is 11.6 Å². The normalized spacial score (nSPS) is 18.2. The highest BCUT2D eigenvalue weighted by atomic mass is 35.5. The summed E-state index contributed by atoms with van der Waals surface area (Å²) in [6, 6.07) is 8.20. The van der Waals surface area contributed by atoms with Crippen LogP contribution in [0.15, 0.2) is 42.9 Å². The van der Waals surface area contributed by atoms with Crippen LogP contribution in [0.2, 0.25) is 5.02 Å². The van der Waals surface area contributed by atoms with E-state index in [2.05, 4.69) is 23.2 Å². The average Bonchev–Trinajstić information content (AvgIpc) is 3.46. The van der Waals surface area contributed by atoms with Gasteiger partial charge in [-0.15, -0.1) is 0 Å². The van der Waals surface area contributed by atoms with Crippen molar-refractivity contribution in [1.82, 2.24) is 14.8 Å². The molecule has 1 fully saturated rings. The van der Waals surface area contributed by atoms with Gasteiger partial charge in [0.1, 0.15) is 10.8 Å². The lowest BCUT2D eigenvalue weighted by Crippen LogP contribution is -2.40. The van der Waals surface area contributed by atoms with Crippen molar-refractivity contribution in [2.45, 2.75) is 51.6 Å². The number of hydrogen-bond donors (Lipinski definition) is 0. The van der Waals surface area contributed by atoms with Crippen molar-refractivity contribution in [3.05, 3.63) is 53.4 Å². The number of pyridine rings is 1. The first-order valence-electron chi connectivity index (χ1n) is 10.3. The van der Waals surface area contributed by atoms with Crippen molar-refractivity contribution >= 4 is 23.2 Å². The maximum absolute atomic E-state index is 12.4. The minimum Gasteiger partial charge on any atom is -0.437 e. The van der Waals surface area contributed by atoms with Crippen LogP contribution in [0, 0.1) is 0 Å². The van der Waals surface area contributed by atoms with Gasteiger partial charge in [0, 0.05) is 42.0 Å². The molecule has 6 nitrogen and oxygen atoms in total. The Hall–Kier alpha value is -2.86. The maximum atomic E-state index is 12.4. The largest absolute Gasteiger partial charge is 0.437 e. The Bertz CT molecular complexity index is 1120. The molecule has 1 unspecified atom stereocenters. The van der Waals surface area contributed by atoms with Crippen LogP contribution in [-0.4, -0.2) is 26.7 Å². The molecule has 30 heavy (non-hydrogen) atoms. The smallest absolute Gasteiger partial charge is 0.238 e. The fourth-order valence-electron chi connectivity index (χ4n) is 4.19. The molecule has 5 rings (SSSR count). The van der Waals surface area contributed by atoms with Crippen LogP contribution in [0.1, 0.15) is 44.7 Å². The Morgan fingerprint density at radius 3 is 2.80 bits per heavy atom. The van der Waals surface area contributed by atoms with Gasteiger partial charge in [-0.3, -0.25) is 9.48 Å². The lowest BCUT2D eigenvalue weighted by atomic mass is 9.92. The quantitative estimate of drug-likeness (QED) is 0.563. The Labute approximate surface area is 180 Å². The fraction of sp³-hybridized carbons (Fsp3) is 0.348. The highest BCUT2D eigenvalue weighted by molar-refractivity contribution is 6.31. The summed E-state index contributed by atoms with van der Waals surface area (Å²) in [6.45, 7) is 3.68. The van der Waals surface area contributed by atoms with E-state index < -0.39 is 0 Å². The zero-order valence-corrected chi connectivity index (χ0v) is 17.8. The molecule has 0 saturated heterocycles. The standard InChI is InChI=1S/C23H23ClN4O2/c1-14-5-8-19-21(28(14)15(2)29)10-9-18(16-12-26-27(13-16)17-6-7-17)22(19)30-23-20(24)4-3-11-25-23/h3-4,9-14,17H,5-8H2,1-2H3. The van der Waals surface area contributed by atoms with Crippen LogP contribution in [0.3, 0.4) is 0 Å². The monoisotopic (exact) mass is 422 g/mol. The molecule has 0 radical (unpaired) electrons. The van der Waals surface area contributed by atoms with Crippen LogP contribution >= 0.6 is 11.6 Å². The summed E-state index contributed by atoms with van der Waals surface area (Å²) in [5.74, 6) is 1.08. The van der Waals surface area contributed by atoms with Crippen molar-refractivity contribution in [3.8, 4) is 22.8 Å². The average molecular weight is 423 g/mol. The molecule has 0 bridgehead atoms. The first-order valence-corrected chi connectivity index (χ1v) is 10.7. The molecule has 1 aromatic carbocycles. The summed E-state index contributed by atoms with van der Waals surface area (Å²) in [6.07, 6.45) is 9.62. The molecule has 1 aliphatic carbocycles. The van der Waals surface area contributed by atoms with Gasteiger partial charge in [0.2, 0.25) is 11.8 Å². The van der Waals surface area contributed by atoms with E-state index in [1.807, 2.05) is 27.9 Å². The first-order chi connectivity index (χ1) is 14.5. The number of benzene rings is 1. The van der Waals surface area contributed by atoms with Gasteiger partial charge in [-0.2, -0.15) is 5.10 Å². The van der Waals surface area contributed by atoms with Crippen molar-refractivity contribution in [1.29, 1.82) is 0 Å². The number of fused-ring (bicyclic) bond motifs is 1. The highest BCUT2D eigenvalue weighted by Crippen LogP contribution is 2.45. The van der Waals surface area contributed by atoms with Gasteiger partial charge < -0.3 is 9.64 Å². The lowest BCUT2D eigenvalue weighted by molar-refractivity contribution is -0.117. The van der Waals surface area contributed by atoms with E-state index in [0.717, 1.165) is 35.2 Å². The number of carbonyl (C=O) groups is 1. The van der Waals surface area contributed by atoms with Crippen molar-refractivity contribution in [3.63, 3.8) is 0 Å². The van der Waals surface area contributed by atoms with E-state index >= 15 is 0 Å². The predicted molar refractivity (Wildman–Crippen MR) is 116 cm³/mol. The van der Waals surface area contributed by atoms with Crippen molar-refractivity contribution in [2.75, 3.05) is 4.90 Å². The number of halogens is 1.